The molecule has 0 aliphatic rings. The number of aliphatic hydroxyl groups is 3. The van der Waals surface area contributed by atoms with Gasteiger partial charge in [0.15, 0.2) is 0 Å². The molecule has 0 saturated carbocycles. The van der Waals surface area contributed by atoms with Crippen LogP contribution in [0.4, 0.5) is 0 Å². The van der Waals surface area contributed by atoms with Crippen LogP contribution in [-0.2, 0) is 4.79 Å². The zero-order valence-electron chi connectivity index (χ0n) is 10.6. The fourth-order valence-corrected chi connectivity index (χ4v) is 2.10. The molecule has 0 aromatic carbocycles. The first-order valence-corrected chi connectivity index (χ1v) is 6.22. The van der Waals surface area contributed by atoms with Crippen LogP contribution in [0.25, 0.3) is 0 Å². The highest BCUT2D eigenvalue weighted by atomic mass is 16.7. The fourth-order valence-electron chi connectivity index (χ4n) is 2.10. The SMILES string of the molecule is CCCCCCC(CCC)(C(=O)O)C(O)(O)O. The molecule has 0 spiro atoms. The first kappa shape index (κ1) is 16.4. The van der Waals surface area contributed by atoms with Crippen LogP contribution in [0.3, 0.4) is 0 Å². The number of carboxylic acids is 1. The van der Waals surface area contributed by atoms with Crippen molar-refractivity contribution in [3.8, 4) is 0 Å². The van der Waals surface area contributed by atoms with Crippen molar-refractivity contribution >= 4 is 5.97 Å². The zero-order chi connectivity index (χ0) is 13.5. The first-order valence-electron chi connectivity index (χ1n) is 6.22. The van der Waals surface area contributed by atoms with E-state index in [9.17, 15) is 20.1 Å². The Hall–Kier alpha value is -0.650. The van der Waals surface area contributed by atoms with Gasteiger partial charge >= 0.3 is 5.97 Å². The number of unbranched alkanes of at least 4 members (excludes halogenated alkanes) is 3. The minimum absolute atomic E-state index is 0.0396. The van der Waals surface area contributed by atoms with E-state index in [1.165, 1.54) is 0 Å². The summed E-state index contributed by atoms with van der Waals surface area (Å²) in [6, 6.07) is 0. The second kappa shape index (κ2) is 6.93. The Kier molecular flexibility index (Phi) is 6.67. The molecule has 0 aromatic heterocycles. The average molecular weight is 248 g/mol. The lowest BCUT2D eigenvalue weighted by atomic mass is 9.76. The Bertz CT molecular complexity index is 234. The summed E-state index contributed by atoms with van der Waals surface area (Å²) < 4.78 is 0. The van der Waals surface area contributed by atoms with E-state index in [1.807, 2.05) is 6.92 Å². The highest BCUT2D eigenvalue weighted by molar-refractivity contribution is 5.75. The maximum absolute atomic E-state index is 11.2. The maximum Gasteiger partial charge on any atom is 0.317 e. The Morgan fingerprint density at radius 2 is 1.53 bits per heavy atom. The van der Waals surface area contributed by atoms with E-state index in [4.69, 9.17) is 5.11 Å². The minimum atomic E-state index is -3.17. The predicted octanol–water partition coefficient (Wildman–Crippen LogP) is 1.46. The van der Waals surface area contributed by atoms with Crippen molar-refractivity contribution in [1.29, 1.82) is 0 Å². The molecule has 0 rings (SSSR count). The van der Waals surface area contributed by atoms with Crippen molar-refractivity contribution in [3.63, 3.8) is 0 Å². The third-order valence-electron chi connectivity index (χ3n) is 3.19. The standard InChI is InChI=1S/C12H24O5/c1-3-5-6-7-9-11(8-4-2,10(13)14)12(15,16)17/h15-17H,3-9H2,1-2H3,(H,13,14). The van der Waals surface area contributed by atoms with Crippen LogP contribution in [0, 0.1) is 5.41 Å². The molecule has 102 valence electrons. The molecule has 0 aliphatic heterocycles. The molecule has 5 heteroatoms. The van der Waals surface area contributed by atoms with E-state index in [2.05, 4.69) is 0 Å². The number of aliphatic carboxylic acids is 1. The van der Waals surface area contributed by atoms with Crippen molar-refractivity contribution in [2.45, 2.75) is 64.8 Å². The third-order valence-corrected chi connectivity index (χ3v) is 3.19. The predicted molar refractivity (Wildman–Crippen MR) is 63.1 cm³/mol. The third kappa shape index (κ3) is 4.26. The number of hydrogen-bond donors (Lipinski definition) is 4. The lowest BCUT2D eigenvalue weighted by molar-refractivity contribution is -0.370. The summed E-state index contributed by atoms with van der Waals surface area (Å²) in [5.41, 5.74) is -1.88. The Morgan fingerprint density at radius 3 is 1.88 bits per heavy atom. The van der Waals surface area contributed by atoms with Crippen LogP contribution in [0.5, 0.6) is 0 Å². The summed E-state index contributed by atoms with van der Waals surface area (Å²) in [6.45, 7) is 3.78. The molecule has 4 N–H and O–H groups in total. The summed E-state index contributed by atoms with van der Waals surface area (Å²) in [6.07, 6.45) is 3.93. The average Bonchev–Trinajstić information content (AvgIpc) is 2.20. The van der Waals surface area contributed by atoms with E-state index >= 15 is 0 Å². The van der Waals surface area contributed by atoms with E-state index in [-0.39, 0.29) is 12.8 Å². The van der Waals surface area contributed by atoms with Crippen molar-refractivity contribution in [2.24, 2.45) is 5.41 Å². The molecule has 17 heavy (non-hydrogen) atoms. The molecule has 0 aromatic rings. The molecule has 1 atom stereocenters. The van der Waals surface area contributed by atoms with Crippen LogP contribution >= 0.6 is 0 Å². The van der Waals surface area contributed by atoms with Gasteiger partial charge in [-0.3, -0.25) is 4.79 Å². The minimum Gasteiger partial charge on any atom is -0.481 e. The van der Waals surface area contributed by atoms with Gasteiger partial charge in [-0.05, 0) is 12.8 Å². The lowest BCUT2D eigenvalue weighted by Gasteiger charge is -2.36. The normalized spacial score (nSPS) is 15.6. The topological polar surface area (TPSA) is 98.0 Å². The van der Waals surface area contributed by atoms with Gasteiger partial charge in [0.25, 0.3) is 5.97 Å². The van der Waals surface area contributed by atoms with Crippen molar-refractivity contribution in [1.82, 2.24) is 0 Å². The Balaban J connectivity index is 4.75. The Morgan fingerprint density at radius 1 is 0.941 bits per heavy atom. The van der Waals surface area contributed by atoms with E-state index in [0.717, 1.165) is 19.3 Å². The van der Waals surface area contributed by atoms with Gasteiger partial charge in [-0.1, -0.05) is 46.0 Å². The van der Waals surface area contributed by atoms with Crippen LogP contribution in [0.2, 0.25) is 0 Å². The second-order valence-corrected chi connectivity index (χ2v) is 4.58. The smallest absolute Gasteiger partial charge is 0.317 e. The van der Waals surface area contributed by atoms with E-state index < -0.39 is 17.4 Å². The molecular formula is C12H24O5. The first-order chi connectivity index (χ1) is 7.81. The highest BCUT2D eigenvalue weighted by Crippen LogP contribution is 2.39. The van der Waals surface area contributed by atoms with Crippen LogP contribution in [0.15, 0.2) is 0 Å². The van der Waals surface area contributed by atoms with Gasteiger partial charge in [-0.25, -0.2) is 0 Å². The van der Waals surface area contributed by atoms with Gasteiger partial charge in [0.1, 0.15) is 5.41 Å². The summed E-state index contributed by atoms with van der Waals surface area (Å²) in [7, 11) is 0. The molecule has 0 fully saturated rings. The summed E-state index contributed by atoms with van der Waals surface area (Å²) in [4.78, 5) is 11.2. The molecule has 0 amide bonds. The van der Waals surface area contributed by atoms with Crippen molar-refractivity contribution < 1.29 is 25.2 Å². The van der Waals surface area contributed by atoms with Crippen LogP contribution < -0.4 is 0 Å². The number of hydrogen-bond acceptors (Lipinski definition) is 4. The second-order valence-electron chi connectivity index (χ2n) is 4.58. The summed E-state index contributed by atoms with van der Waals surface area (Å²) in [5, 5.41) is 37.1. The van der Waals surface area contributed by atoms with Crippen molar-refractivity contribution in [2.75, 3.05) is 0 Å². The van der Waals surface area contributed by atoms with Gasteiger partial charge in [0.05, 0.1) is 0 Å². The molecule has 0 aliphatic carbocycles. The highest BCUT2D eigenvalue weighted by Gasteiger charge is 2.54. The van der Waals surface area contributed by atoms with Gasteiger partial charge in [-0.2, -0.15) is 0 Å². The van der Waals surface area contributed by atoms with Gasteiger partial charge in [0.2, 0.25) is 0 Å². The van der Waals surface area contributed by atoms with Crippen molar-refractivity contribution in [3.05, 3.63) is 0 Å². The number of rotatable bonds is 9. The zero-order valence-corrected chi connectivity index (χ0v) is 10.6. The molecule has 0 bridgehead atoms. The monoisotopic (exact) mass is 248 g/mol. The van der Waals surface area contributed by atoms with E-state index in [1.54, 1.807) is 6.92 Å². The molecule has 1 unspecified atom stereocenters. The quantitative estimate of drug-likeness (QED) is 0.366. The molecule has 0 heterocycles. The van der Waals surface area contributed by atoms with Gasteiger partial charge < -0.3 is 20.4 Å². The number of carboxylic acid groups (broad SMARTS) is 1. The van der Waals surface area contributed by atoms with E-state index in [0.29, 0.717) is 12.8 Å². The molecular weight excluding hydrogens is 224 g/mol. The maximum atomic E-state index is 11.2. The fraction of sp³-hybridized carbons (Fsp3) is 0.917. The summed E-state index contributed by atoms with van der Waals surface area (Å²) >= 11 is 0. The molecule has 0 radical (unpaired) electrons. The molecule has 5 nitrogen and oxygen atoms in total. The lowest BCUT2D eigenvalue weighted by Crippen LogP contribution is -2.53. The van der Waals surface area contributed by atoms with Gasteiger partial charge in [-0.15, -0.1) is 0 Å². The molecule has 0 saturated heterocycles. The van der Waals surface area contributed by atoms with Crippen LogP contribution in [0.1, 0.15) is 58.8 Å². The van der Waals surface area contributed by atoms with Gasteiger partial charge in [0, 0.05) is 0 Å². The largest absolute Gasteiger partial charge is 0.481 e. The summed E-state index contributed by atoms with van der Waals surface area (Å²) in [5.74, 6) is -4.52. The number of carbonyl (C=O) groups is 1. The van der Waals surface area contributed by atoms with Crippen LogP contribution in [-0.4, -0.2) is 32.4 Å². The Labute approximate surface area is 102 Å².